The van der Waals surface area contributed by atoms with Gasteiger partial charge in [-0.3, -0.25) is 19.7 Å². The van der Waals surface area contributed by atoms with E-state index in [1.165, 1.54) is 12.1 Å². The molecule has 0 unspecified atom stereocenters. The largest absolute Gasteiger partial charge is 0.314 e. The molecule has 1 aromatic carbocycles. The maximum Gasteiger partial charge on any atom is 0.314 e. The normalized spacial score (nSPS) is 14.3. The molecular weight excluding hydrogens is 224 g/mol. The van der Waals surface area contributed by atoms with Crippen LogP contribution in [-0.4, -0.2) is 16.6 Å². The molecule has 2 rings (SSSR count). The van der Waals surface area contributed by atoms with Gasteiger partial charge in [-0.25, -0.2) is 4.42 Å². The molecule has 1 heterocycles. The van der Waals surface area contributed by atoms with Crippen molar-refractivity contribution in [2.24, 2.45) is 0 Å². The summed E-state index contributed by atoms with van der Waals surface area (Å²) in [4.78, 5) is 32.2. The Kier molecular flexibility index (Phi) is 1.94. The standard InChI is InChI=1S/C8H3ClN2O4/c9-10-6-2-1-4(11(14)15)3-5(6)7(12)8(10)13/h1-3H. The molecule has 76 valence electrons. The number of carbonyl (C=O) groups excluding carboxylic acids is 2. The van der Waals surface area contributed by atoms with Crippen LogP contribution in [0.25, 0.3) is 0 Å². The number of rotatable bonds is 1. The number of ketones is 1. The molecule has 0 radical (unpaired) electrons. The van der Waals surface area contributed by atoms with Crippen LogP contribution in [-0.2, 0) is 4.79 Å². The van der Waals surface area contributed by atoms with Gasteiger partial charge in [0.25, 0.3) is 11.5 Å². The van der Waals surface area contributed by atoms with Crippen LogP contribution >= 0.6 is 11.8 Å². The third kappa shape index (κ3) is 1.26. The van der Waals surface area contributed by atoms with Crippen LogP contribution in [0, 0.1) is 10.1 Å². The molecule has 7 heteroatoms. The average Bonchev–Trinajstić information content (AvgIpc) is 2.44. The maximum atomic E-state index is 11.3. The predicted octanol–water partition coefficient (Wildman–Crippen LogP) is 1.28. The summed E-state index contributed by atoms with van der Waals surface area (Å²) in [7, 11) is 0. The van der Waals surface area contributed by atoms with Gasteiger partial charge in [0.1, 0.15) is 0 Å². The summed E-state index contributed by atoms with van der Waals surface area (Å²) in [5, 5.41) is 10.4. The second kappa shape index (κ2) is 3.03. The third-order valence-electron chi connectivity index (χ3n) is 2.02. The van der Waals surface area contributed by atoms with Crippen LogP contribution in [0.4, 0.5) is 11.4 Å². The molecule has 1 amide bonds. The number of anilines is 1. The molecule has 1 aliphatic heterocycles. The van der Waals surface area contributed by atoms with Crippen molar-refractivity contribution in [2.45, 2.75) is 0 Å². The first-order valence-electron chi connectivity index (χ1n) is 3.85. The van der Waals surface area contributed by atoms with E-state index in [2.05, 4.69) is 0 Å². The average molecular weight is 227 g/mol. The Balaban J connectivity index is 2.61. The lowest BCUT2D eigenvalue weighted by Gasteiger charge is -2.03. The number of benzene rings is 1. The van der Waals surface area contributed by atoms with E-state index in [9.17, 15) is 19.7 Å². The SMILES string of the molecule is O=C1C(=O)N(Cl)c2ccc([N+](=O)[O-])cc21. The Morgan fingerprint density at radius 3 is 2.60 bits per heavy atom. The van der Waals surface area contributed by atoms with Crippen molar-refractivity contribution in [1.82, 2.24) is 0 Å². The lowest BCUT2D eigenvalue weighted by Crippen LogP contribution is -2.19. The number of non-ortho nitro benzene ring substituents is 1. The Labute approximate surface area is 88.3 Å². The highest BCUT2D eigenvalue weighted by atomic mass is 35.5. The first-order valence-corrected chi connectivity index (χ1v) is 4.19. The van der Waals surface area contributed by atoms with Gasteiger partial charge in [0.05, 0.1) is 16.2 Å². The molecule has 0 spiro atoms. The second-order valence-electron chi connectivity index (χ2n) is 2.87. The topological polar surface area (TPSA) is 80.5 Å². The van der Waals surface area contributed by atoms with Crippen LogP contribution in [0.5, 0.6) is 0 Å². The number of nitro benzene ring substituents is 1. The fourth-order valence-corrected chi connectivity index (χ4v) is 1.53. The van der Waals surface area contributed by atoms with Crippen LogP contribution in [0.15, 0.2) is 18.2 Å². The number of fused-ring (bicyclic) bond motifs is 1. The molecule has 0 saturated carbocycles. The van der Waals surface area contributed by atoms with Crippen LogP contribution in [0.2, 0.25) is 0 Å². The summed E-state index contributed by atoms with van der Waals surface area (Å²) < 4.78 is 0.654. The molecule has 0 aliphatic carbocycles. The van der Waals surface area contributed by atoms with E-state index in [0.29, 0.717) is 4.42 Å². The first-order chi connectivity index (χ1) is 7.02. The van der Waals surface area contributed by atoms with Crippen molar-refractivity contribution in [1.29, 1.82) is 0 Å². The maximum absolute atomic E-state index is 11.3. The summed E-state index contributed by atoms with van der Waals surface area (Å²) in [6, 6.07) is 3.49. The number of hydrogen-bond donors (Lipinski definition) is 0. The van der Waals surface area contributed by atoms with E-state index in [4.69, 9.17) is 11.8 Å². The Bertz CT molecular complexity index is 499. The van der Waals surface area contributed by atoms with Crippen LogP contribution in [0.3, 0.4) is 0 Å². The number of nitro groups is 1. The van der Waals surface area contributed by atoms with E-state index in [-0.39, 0.29) is 16.9 Å². The van der Waals surface area contributed by atoms with Crippen LogP contribution < -0.4 is 4.42 Å². The van der Waals surface area contributed by atoms with Crippen molar-refractivity contribution in [3.63, 3.8) is 0 Å². The molecule has 0 bridgehead atoms. The highest BCUT2D eigenvalue weighted by Gasteiger charge is 2.36. The quantitative estimate of drug-likeness (QED) is 0.313. The van der Waals surface area contributed by atoms with Gasteiger partial charge in [0.15, 0.2) is 0 Å². The molecule has 1 aliphatic rings. The molecule has 1 aromatic rings. The van der Waals surface area contributed by atoms with Gasteiger partial charge in [0.2, 0.25) is 0 Å². The number of hydrogen-bond acceptors (Lipinski definition) is 4. The van der Waals surface area contributed by atoms with Gasteiger partial charge >= 0.3 is 5.91 Å². The van der Waals surface area contributed by atoms with Crippen molar-refractivity contribution < 1.29 is 14.5 Å². The summed E-state index contributed by atoms with van der Waals surface area (Å²) in [6.45, 7) is 0. The summed E-state index contributed by atoms with van der Waals surface area (Å²) in [5.41, 5.74) is -0.108. The fraction of sp³-hybridized carbons (Fsp3) is 0. The van der Waals surface area contributed by atoms with Crippen molar-refractivity contribution >= 4 is 34.8 Å². The summed E-state index contributed by atoms with van der Waals surface area (Å²) >= 11 is 5.51. The predicted molar refractivity (Wildman–Crippen MR) is 50.8 cm³/mol. The van der Waals surface area contributed by atoms with Gasteiger partial charge in [-0.1, -0.05) is 0 Å². The molecule has 0 fully saturated rings. The number of nitrogens with zero attached hydrogens (tertiary/aromatic N) is 2. The zero-order valence-corrected chi connectivity index (χ0v) is 7.89. The van der Waals surface area contributed by atoms with Gasteiger partial charge in [-0.2, -0.15) is 0 Å². The first kappa shape index (κ1) is 9.60. The molecule has 0 saturated heterocycles. The summed E-state index contributed by atoms with van der Waals surface area (Å²) in [6.07, 6.45) is 0. The van der Waals surface area contributed by atoms with Gasteiger partial charge in [-0.15, -0.1) is 0 Å². The van der Waals surface area contributed by atoms with Gasteiger partial charge < -0.3 is 0 Å². The number of carbonyl (C=O) groups is 2. The molecule has 15 heavy (non-hydrogen) atoms. The Hall–Kier alpha value is -1.95. The Morgan fingerprint density at radius 1 is 1.33 bits per heavy atom. The molecular formula is C8H3ClN2O4. The fourth-order valence-electron chi connectivity index (χ4n) is 1.30. The van der Waals surface area contributed by atoms with Crippen LogP contribution in [0.1, 0.15) is 10.4 Å². The van der Waals surface area contributed by atoms with Crippen molar-refractivity contribution in [2.75, 3.05) is 4.42 Å². The second-order valence-corrected chi connectivity index (χ2v) is 3.21. The van der Waals surface area contributed by atoms with E-state index in [1.807, 2.05) is 0 Å². The third-order valence-corrected chi connectivity index (χ3v) is 2.36. The number of halogens is 1. The van der Waals surface area contributed by atoms with E-state index >= 15 is 0 Å². The minimum atomic E-state index is -0.896. The molecule has 0 aromatic heterocycles. The highest BCUT2D eigenvalue weighted by Crippen LogP contribution is 2.32. The summed E-state index contributed by atoms with van der Waals surface area (Å²) in [5.74, 6) is -1.73. The molecule has 6 nitrogen and oxygen atoms in total. The zero-order valence-electron chi connectivity index (χ0n) is 7.14. The van der Waals surface area contributed by atoms with Gasteiger partial charge in [0, 0.05) is 23.9 Å². The molecule has 0 atom stereocenters. The minimum Gasteiger partial charge on any atom is -0.283 e. The number of Topliss-reactive ketones (excluding diaryl/α,β-unsaturated/α-hetero) is 1. The van der Waals surface area contributed by atoms with Crippen molar-refractivity contribution in [3.8, 4) is 0 Å². The van der Waals surface area contributed by atoms with E-state index in [1.54, 1.807) is 0 Å². The zero-order chi connectivity index (χ0) is 11.2. The minimum absolute atomic E-state index is 0.0378. The smallest absolute Gasteiger partial charge is 0.283 e. The van der Waals surface area contributed by atoms with E-state index in [0.717, 1.165) is 6.07 Å². The van der Waals surface area contributed by atoms with Crippen molar-refractivity contribution in [3.05, 3.63) is 33.9 Å². The lowest BCUT2D eigenvalue weighted by molar-refractivity contribution is -0.384. The monoisotopic (exact) mass is 226 g/mol. The van der Waals surface area contributed by atoms with E-state index < -0.39 is 16.6 Å². The Morgan fingerprint density at radius 2 is 2.00 bits per heavy atom. The molecule has 0 N–H and O–H groups in total. The lowest BCUT2D eigenvalue weighted by atomic mass is 10.1. The van der Waals surface area contributed by atoms with Gasteiger partial charge in [-0.05, 0) is 6.07 Å². The number of amides is 1. The highest BCUT2D eigenvalue weighted by molar-refractivity contribution is 6.61.